The highest BCUT2D eigenvalue weighted by molar-refractivity contribution is 5.88. The number of carbonyl (C=O) groups is 2. The van der Waals surface area contributed by atoms with Crippen LogP contribution in [0.1, 0.15) is 54.0 Å². The molecule has 2 atom stereocenters. The number of aliphatic imine (C=N–C) groups is 1. The van der Waals surface area contributed by atoms with E-state index >= 15 is 0 Å². The summed E-state index contributed by atoms with van der Waals surface area (Å²) in [6, 6.07) is 7.36. The maximum Gasteiger partial charge on any atom is 0.412 e. The van der Waals surface area contributed by atoms with E-state index in [0.29, 0.717) is 19.0 Å². The number of hydrogen-bond donors (Lipinski definition) is 3. The van der Waals surface area contributed by atoms with E-state index in [-0.39, 0.29) is 18.1 Å². The number of nitrogens with zero attached hydrogens (tertiary/aromatic N) is 2. The molecule has 0 radical (unpaired) electrons. The van der Waals surface area contributed by atoms with Gasteiger partial charge in [0.2, 0.25) is 5.91 Å². The summed E-state index contributed by atoms with van der Waals surface area (Å²) in [7, 11) is 1.69. The molecule has 1 fully saturated rings. The van der Waals surface area contributed by atoms with Crippen molar-refractivity contribution in [2.45, 2.75) is 78.5 Å². The van der Waals surface area contributed by atoms with Gasteiger partial charge in [-0.3, -0.25) is 14.7 Å². The highest BCUT2D eigenvalue weighted by atomic mass is 16.6. The van der Waals surface area contributed by atoms with E-state index in [4.69, 9.17) is 9.47 Å². The van der Waals surface area contributed by atoms with E-state index in [9.17, 15) is 9.59 Å². The van der Waals surface area contributed by atoms with E-state index in [0.717, 1.165) is 11.3 Å². The highest BCUT2D eigenvalue weighted by Gasteiger charge is 2.49. The van der Waals surface area contributed by atoms with Crippen molar-refractivity contribution in [1.82, 2.24) is 15.5 Å². The normalized spacial score (nSPS) is 20.6. The molecule has 178 valence electrons. The number of benzene rings is 1. The minimum Gasteiger partial charge on any atom is -0.444 e. The Morgan fingerprint density at radius 1 is 1.25 bits per heavy atom. The van der Waals surface area contributed by atoms with Crippen molar-refractivity contribution in [2.24, 2.45) is 4.99 Å². The van der Waals surface area contributed by atoms with Crippen LogP contribution in [0.2, 0.25) is 0 Å². The molecule has 1 aliphatic rings. The lowest BCUT2D eigenvalue weighted by atomic mass is 10.1. The van der Waals surface area contributed by atoms with Crippen LogP contribution in [-0.4, -0.2) is 59.9 Å². The number of carbonyl (C=O) groups excluding carboxylic acids is 2. The number of hydrogen-bond acceptors (Lipinski definition) is 5. The first-order valence-electron chi connectivity index (χ1n) is 10.8. The zero-order chi connectivity index (χ0) is 24.1. The topological polar surface area (TPSA) is 104 Å². The van der Waals surface area contributed by atoms with Crippen LogP contribution in [0.25, 0.3) is 0 Å². The SMILES string of the molecule is CN=C(NCc1cccc(NC(C)=O)c1)NCC1C(C)OC(C)(C)N1C(=O)OC(C)(C)C. The quantitative estimate of drug-likeness (QED) is 0.473. The van der Waals surface area contributed by atoms with Gasteiger partial charge in [0.1, 0.15) is 11.3 Å². The molecule has 1 aliphatic heterocycles. The molecular formula is C23H37N5O4. The molecule has 2 unspecified atom stereocenters. The number of guanidine groups is 1. The van der Waals surface area contributed by atoms with E-state index in [1.54, 1.807) is 11.9 Å². The van der Waals surface area contributed by atoms with Gasteiger partial charge >= 0.3 is 6.09 Å². The van der Waals surface area contributed by atoms with Crippen molar-refractivity contribution in [2.75, 3.05) is 18.9 Å². The zero-order valence-corrected chi connectivity index (χ0v) is 20.4. The van der Waals surface area contributed by atoms with Gasteiger partial charge in [-0.15, -0.1) is 0 Å². The largest absolute Gasteiger partial charge is 0.444 e. The Morgan fingerprint density at radius 3 is 2.53 bits per heavy atom. The Labute approximate surface area is 190 Å². The fraction of sp³-hybridized carbons (Fsp3) is 0.609. The molecule has 0 aliphatic carbocycles. The fourth-order valence-electron chi connectivity index (χ4n) is 3.69. The molecular weight excluding hydrogens is 410 g/mol. The van der Waals surface area contributed by atoms with Gasteiger partial charge in [-0.25, -0.2) is 4.79 Å². The Hall–Kier alpha value is -2.81. The third-order valence-electron chi connectivity index (χ3n) is 4.93. The molecule has 0 saturated carbocycles. The van der Waals surface area contributed by atoms with Gasteiger partial charge in [0, 0.05) is 32.7 Å². The molecule has 0 aromatic heterocycles. The molecule has 9 heteroatoms. The average Bonchev–Trinajstić information content (AvgIpc) is 2.88. The number of anilines is 1. The molecule has 1 aromatic carbocycles. The standard InChI is InChI=1S/C23H37N5O4/c1-15-19(28(23(6,7)31-15)21(30)32-22(3,4)5)14-26-20(24-8)25-13-17-10-9-11-18(12-17)27-16(2)29/h9-12,15,19H,13-14H2,1-8H3,(H,27,29)(H2,24,25,26). The Kier molecular flexibility index (Phi) is 8.12. The maximum atomic E-state index is 12.9. The predicted octanol–water partition coefficient (Wildman–Crippen LogP) is 3.07. The predicted molar refractivity (Wildman–Crippen MR) is 125 cm³/mol. The summed E-state index contributed by atoms with van der Waals surface area (Å²) >= 11 is 0. The molecule has 32 heavy (non-hydrogen) atoms. The summed E-state index contributed by atoms with van der Waals surface area (Å²) in [4.78, 5) is 30.1. The van der Waals surface area contributed by atoms with Crippen LogP contribution in [0, 0.1) is 0 Å². The maximum absolute atomic E-state index is 12.9. The smallest absolute Gasteiger partial charge is 0.412 e. The Bertz CT molecular complexity index is 847. The third-order valence-corrected chi connectivity index (χ3v) is 4.93. The number of nitrogens with one attached hydrogen (secondary N) is 3. The lowest BCUT2D eigenvalue weighted by Gasteiger charge is -2.35. The molecule has 1 aromatic rings. The van der Waals surface area contributed by atoms with E-state index in [2.05, 4.69) is 20.9 Å². The van der Waals surface area contributed by atoms with Crippen LogP contribution in [0.15, 0.2) is 29.3 Å². The number of amides is 2. The van der Waals surface area contributed by atoms with Gasteiger partial charge in [0.25, 0.3) is 0 Å². The number of ether oxygens (including phenoxy) is 2. The first-order chi connectivity index (χ1) is 14.8. The van der Waals surface area contributed by atoms with Crippen molar-refractivity contribution >= 4 is 23.6 Å². The average molecular weight is 448 g/mol. The van der Waals surface area contributed by atoms with Crippen molar-refractivity contribution < 1.29 is 19.1 Å². The summed E-state index contributed by atoms with van der Waals surface area (Å²) in [5.74, 6) is 0.480. The highest BCUT2D eigenvalue weighted by Crippen LogP contribution is 2.33. The van der Waals surface area contributed by atoms with Crippen molar-refractivity contribution in [3.63, 3.8) is 0 Å². The van der Waals surface area contributed by atoms with E-state index < -0.39 is 17.4 Å². The third kappa shape index (κ3) is 7.12. The zero-order valence-electron chi connectivity index (χ0n) is 20.4. The molecule has 2 amide bonds. The molecule has 1 saturated heterocycles. The van der Waals surface area contributed by atoms with Gasteiger partial charge in [-0.2, -0.15) is 0 Å². The van der Waals surface area contributed by atoms with Crippen LogP contribution in [-0.2, 0) is 20.8 Å². The minimum absolute atomic E-state index is 0.113. The molecule has 0 spiro atoms. The summed E-state index contributed by atoms with van der Waals surface area (Å²) in [5, 5.41) is 9.32. The van der Waals surface area contributed by atoms with Gasteiger partial charge in [-0.1, -0.05) is 12.1 Å². The van der Waals surface area contributed by atoms with Crippen molar-refractivity contribution in [3.8, 4) is 0 Å². The number of rotatable bonds is 5. The van der Waals surface area contributed by atoms with E-state index in [1.807, 2.05) is 65.8 Å². The fourth-order valence-corrected chi connectivity index (χ4v) is 3.69. The Morgan fingerprint density at radius 2 is 1.94 bits per heavy atom. The summed E-state index contributed by atoms with van der Waals surface area (Å²) < 4.78 is 11.7. The molecule has 1 heterocycles. The monoisotopic (exact) mass is 447 g/mol. The van der Waals surface area contributed by atoms with Crippen LogP contribution in [0.4, 0.5) is 10.5 Å². The van der Waals surface area contributed by atoms with Crippen LogP contribution in [0.3, 0.4) is 0 Å². The molecule has 9 nitrogen and oxygen atoms in total. The Balaban J connectivity index is 2.01. The van der Waals surface area contributed by atoms with E-state index in [1.165, 1.54) is 6.92 Å². The van der Waals surface area contributed by atoms with Crippen LogP contribution >= 0.6 is 0 Å². The first-order valence-corrected chi connectivity index (χ1v) is 10.8. The van der Waals surface area contributed by atoms with Gasteiger partial charge in [0.05, 0.1) is 12.1 Å². The van der Waals surface area contributed by atoms with Crippen LogP contribution < -0.4 is 16.0 Å². The van der Waals surface area contributed by atoms with Gasteiger partial charge in [-0.05, 0) is 59.2 Å². The summed E-state index contributed by atoms with van der Waals surface area (Å²) in [5.41, 5.74) is 0.357. The van der Waals surface area contributed by atoms with Crippen LogP contribution in [0.5, 0.6) is 0 Å². The second kappa shape index (κ2) is 10.2. The first kappa shape index (κ1) is 25.5. The lowest BCUT2D eigenvalue weighted by molar-refractivity contribution is -0.114. The van der Waals surface area contributed by atoms with Gasteiger partial charge in [0.15, 0.2) is 5.96 Å². The van der Waals surface area contributed by atoms with Crippen molar-refractivity contribution in [1.29, 1.82) is 0 Å². The van der Waals surface area contributed by atoms with Gasteiger partial charge < -0.3 is 25.4 Å². The molecule has 2 rings (SSSR count). The summed E-state index contributed by atoms with van der Waals surface area (Å²) in [6.45, 7) is 13.6. The summed E-state index contributed by atoms with van der Waals surface area (Å²) in [6.07, 6.45) is -0.589. The molecule has 3 N–H and O–H groups in total. The second-order valence-electron chi connectivity index (χ2n) is 9.38. The van der Waals surface area contributed by atoms with Crippen molar-refractivity contribution in [3.05, 3.63) is 29.8 Å². The molecule has 0 bridgehead atoms. The second-order valence-corrected chi connectivity index (χ2v) is 9.38. The lowest BCUT2D eigenvalue weighted by Crippen LogP contribution is -2.54. The minimum atomic E-state index is -0.783.